The van der Waals surface area contributed by atoms with E-state index in [0.717, 1.165) is 5.69 Å². The first-order valence-electron chi connectivity index (χ1n) is 4.19. The summed E-state index contributed by atoms with van der Waals surface area (Å²) in [6, 6.07) is 9.65. The number of anilines is 1. The molecule has 4 heteroatoms. The van der Waals surface area contributed by atoms with Gasteiger partial charge in [0.15, 0.2) is 0 Å². The molecule has 13 heavy (non-hydrogen) atoms. The Bertz CT molecular complexity index is 280. The summed E-state index contributed by atoms with van der Waals surface area (Å²) in [5.74, 6) is 0. The van der Waals surface area contributed by atoms with Gasteiger partial charge in [-0.1, -0.05) is 18.2 Å². The number of hydrogen-bond acceptors (Lipinski definition) is 3. The van der Waals surface area contributed by atoms with E-state index in [9.17, 15) is 4.55 Å². The van der Waals surface area contributed by atoms with Crippen LogP contribution < -0.4 is 4.31 Å². The molecule has 1 fully saturated rings. The fourth-order valence-corrected chi connectivity index (χ4v) is 2.37. The molecule has 0 aliphatic carbocycles. The van der Waals surface area contributed by atoms with Crippen LogP contribution in [0.5, 0.6) is 0 Å². The second-order valence-corrected chi connectivity index (χ2v) is 4.09. The van der Waals surface area contributed by atoms with Crippen LogP contribution in [-0.4, -0.2) is 17.2 Å². The van der Waals surface area contributed by atoms with E-state index in [1.54, 1.807) is 4.31 Å². The molecular formula is C9H11NO2S. The molecule has 1 heterocycles. The van der Waals surface area contributed by atoms with E-state index in [1.807, 2.05) is 37.3 Å². The maximum Gasteiger partial charge on any atom is 0.246 e. The summed E-state index contributed by atoms with van der Waals surface area (Å²) in [4.78, 5) is 0. The van der Waals surface area contributed by atoms with Crippen LogP contribution >= 0.6 is 0 Å². The van der Waals surface area contributed by atoms with Crippen molar-refractivity contribution < 1.29 is 8.74 Å². The van der Waals surface area contributed by atoms with E-state index in [1.165, 1.54) is 0 Å². The van der Waals surface area contributed by atoms with Gasteiger partial charge in [-0.05, 0) is 19.1 Å². The van der Waals surface area contributed by atoms with Crippen LogP contribution in [0.4, 0.5) is 5.69 Å². The Hall–Kier alpha value is -0.710. The fraction of sp³-hybridized carbons (Fsp3) is 0.333. The molecule has 0 spiro atoms. The SMILES string of the molecule is C[C@@H]1CN(c2ccccc2)[S+]([O-])O1. The lowest BCUT2D eigenvalue weighted by Crippen LogP contribution is -2.24. The van der Waals surface area contributed by atoms with Crippen LogP contribution in [-0.2, 0) is 15.8 Å². The Morgan fingerprint density at radius 2 is 2.15 bits per heavy atom. The molecular weight excluding hydrogens is 186 g/mol. The average Bonchev–Trinajstić information content (AvgIpc) is 2.47. The van der Waals surface area contributed by atoms with Crippen LogP contribution in [0.25, 0.3) is 0 Å². The monoisotopic (exact) mass is 197 g/mol. The minimum Gasteiger partial charge on any atom is -0.560 e. The van der Waals surface area contributed by atoms with Crippen LogP contribution in [0.2, 0.25) is 0 Å². The highest BCUT2D eigenvalue weighted by molar-refractivity contribution is 7.88. The molecule has 0 radical (unpaired) electrons. The van der Waals surface area contributed by atoms with Gasteiger partial charge >= 0.3 is 0 Å². The van der Waals surface area contributed by atoms with E-state index in [-0.39, 0.29) is 6.10 Å². The molecule has 2 atom stereocenters. The molecule has 1 unspecified atom stereocenters. The van der Waals surface area contributed by atoms with Gasteiger partial charge in [-0.2, -0.15) is 4.31 Å². The van der Waals surface area contributed by atoms with E-state index in [0.29, 0.717) is 6.54 Å². The van der Waals surface area contributed by atoms with Crippen molar-refractivity contribution in [1.29, 1.82) is 0 Å². The maximum atomic E-state index is 11.4. The topological polar surface area (TPSA) is 35.5 Å². The van der Waals surface area contributed by atoms with Gasteiger partial charge in [0.2, 0.25) is 11.6 Å². The minimum absolute atomic E-state index is 0.0426. The lowest BCUT2D eigenvalue weighted by Gasteiger charge is -2.13. The molecule has 3 nitrogen and oxygen atoms in total. The highest BCUT2D eigenvalue weighted by Gasteiger charge is 2.35. The zero-order chi connectivity index (χ0) is 9.26. The first-order chi connectivity index (χ1) is 6.27. The van der Waals surface area contributed by atoms with Crippen LogP contribution in [0, 0.1) is 0 Å². The van der Waals surface area contributed by atoms with Crippen molar-refractivity contribution in [3.63, 3.8) is 0 Å². The van der Waals surface area contributed by atoms with Crippen molar-refractivity contribution in [1.82, 2.24) is 0 Å². The van der Waals surface area contributed by atoms with Crippen molar-refractivity contribution in [2.45, 2.75) is 13.0 Å². The average molecular weight is 197 g/mol. The highest BCUT2D eigenvalue weighted by atomic mass is 32.2. The van der Waals surface area contributed by atoms with Gasteiger partial charge in [0.1, 0.15) is 6.10 Å². The molecule has 0 bridgehead atoms. The lowest BCUT2D eigenvalue weighted by atomic mass is 10.3. The Kier molecular flexibility index (Phi) is 2.44. The van der Waals surface area contributed by atoms with Gasteiger partial charge in [0.25, 0.3) is 0 Å². The first kappa shape index (κ1) is 8.87. The standard InChI is InChI=1S/C9H11NO2S/c1-8-7-10(13(11)12-8)9-5-3-2-4-6-9/h2-6,8H,7H2,1H3/t8-,13?/m1/s1. The highest BCUT2D eigenvalue weighted by Crippen LogP contribution is 2.25. The van der Waals surface area contributed by atoms with E-state index in [4.69, 9.17) is 4.18 Å². The van der Waals surface area contributed by atoms with Gasteiger partial charge < -0.3 is 4.55 Å². The summed E-state index contributed by atoms with van der Waals surface area (Å²) in [5.41, 5.74) is 0.949. The van der Waals surface area contributed by atoms with Gasteiger partial charge in [-0.15, -0.1) is 4.18 Å². The van der Waals surface area contributed by atoms with Crippen LogP contribution in [0.3, 0.4) is 0 Å². The number of nitrogens with zero attached hydrogens (tertiary/aromatic N) is 1. The summed E-state index contributed by atoms with van der Waals surface area (Å²) in [7, 11) is 0. The summed E-state index contributed by atoms with van der Waals surface area (Å²) >= 11 is -1.31. The molecule has 1 aromatic carbocycles. The largest absolute Gasteiger partial charge is 0.560 e. The van der Waals surface area contributed by atoms with Crippen molar-refractivity contribution in [3.8, 4) is 0 Å². The van der Waals surface area contributed by atoms with Gasteiger partial charge in [0, 0.05) is 0 Å². The number of rotatable bonds is 1. The predicted octanol–water partition coefficient (Wildman–Crippen LogP) is 1.49. The number of hydrogen-bond donors (Lipinski definition) is 0. The molecule has 1 aliphatic rings. The molecule has 0 saturated carbocycles. The van der Waals surface area contributed by atoms with Crippen LogP contribution in [0.1, 0.15) is 6.92 Å². The first-order valence-corrected chi connectivity index (χ1v) is 5.22. The molecule has 1 aliphatic heterocycles. The molecule has 0 aromatic heterocycles. The van der Waals surface area contributed by atoms with Crippen molar-refractivity contribution >= 4 is 17.3 Å². The van der Waals surface area contributed by atoms with Crippen molar-refractivity contribution in [2.24, 2.45) is 0 Å². The molecule has 2 rings (SSSR count). The Morgan fingerprint density at radius 3 is 2.69 bits per heavy atom. The maximum absolute atomic E-state index is 11.4. The third-order valence-corrected chi connectivity index (χ3v) is 3.11. The summed E-state index contributed by atoms with van der Waals surface area (Å²) in [6.07, 6.45) is 0.0426. The second-order valence-electron chi connectivity index (χ2n) is 3.02. The van der Waals surface area contributed by atoms with E-state index >= 15 is 0 Å². The number of benzene rings is 1. The van der Waals surface area contributed by atoms with Gasteiger partial charge in [-0.25, -0.2) is 0 Å². The van der Waals surface area contributed by atoms with Gasteiger partial charge in [0.05, 0.1) is 12.2 Å². The van der Waals surface area contributed by atoms with Crippen molar-refractivity contribution in [2.75, 3.05) is 10.8 Å². The fourth-order valence-electron chi connectivity index (χ4n) is 1.30. The predicted molar refractivity (Wildman–Crippen MR) is 52.5 cm³/mol. The second kappa shape index (κ2) is 3.57. The van der Waals surface area contributed by atoms with E-state index in [2.05, 4.69) is 0 Å². The van der Waals surface area contributed by atoms with Crippen molar-refractivity contribution in [3.05, 3.63) is 30.3 Å². The molecule has 0 N–H and O–H groups in total. The van der Waals surface area contributed by atoms with Crippen LogP contribution in [0.15, 0.2) is 30.3 Å². The third kappa shape index (κ3) is 1.80. The normalized spacial score (nSPS) is 28.0. The quantitative estimate of drug-likeness (QED) is 0.640. The zero-order valence-electron chi connectivity index (χ0n) is 7.34. The zero-order valence-corrected chi connectivity index (χ0v) is 8.16. The number of para-hydroxylation sites is 1. The summed E-state index contributed by atoms with van der Waals surface area (Å²) in [6.45, 7) is 2.61. The Labute approximate surface area is 80.8 Å². The molecule has 0 amide bonds. The molecule has 1 aromatic rings. The smallest absolute Gasteiger partial charge is 0.246 e. The lowest BCUT2D eigenvalue weighted by molar-refractivity contribution is 0.269. The molecule has 1 saturated heterocycles. The summed E-state index contributed by atoms with van der Waals surface area (Å²) in [5, 5.41) is 0. The molecule has 70 valence electrons. The Balaban J connectivity index is 2.18. The Morgan fingerprint density at radius 1 is 1.46 bits per heavy atom. The third-order valence-electron chi connectivity index (χ3n) is 1.89. The van der Waals surface area contributed by atoms with Gasteiger partial charge in [-0.3, -0.25) is 0 Å². The minimum atomic E-state index is -1.31. The van der Waals surface area contributed by atoms with E-state index < -0.39 is 11.6 Å². The summed E-state index contributed by atoms with van der Waals surface area (Å²) < 4.78 is 18.3.